The Morgan fingerprint density at radius 2 is 2.12 bits per heavy atom. The number of likely N-dealkylation sites (tertiary alicyclic amines) is 1. The first-order valence-electron chi connectivity index (χ1n) is 8.56. The van der Waals surface area contributed by atoms with Gasteiger partial charge in [0, 0.05) is 41.6 Å². The lowest BCUT2D eigenvalue weighted by molar-refractivity contribution is -0.128. The van der Waals surface area contributed by atoms with E-state index in [0.29, 0.717) is 24.3 Å². The SMILES string of the molecule is O=C1C[C@H](Cn2cc(-c3sc4ccccc4c3Cl)nn2)CN1C1CC1. The molecule has 5 nitrogen and oxygen atoms in total. The van der Waals surface area contributed by atoms with E-state index in [1.54, 1.807) is 11.3 Å². The summed E-state index contributed by atoms with van der Waals surface area (Å²) in [6.07, 6.45) is 4.89. The molecule has 3 heterocycles. The Morgan fingerprint density at radius 3 is 2.92 bits per heavy atom. The predicted molar refractivity (Wildman–Crippen MR) is 98.7 cm³/mol. The molecule has 1 amide bonds. The van der Waals surface area contributed by atoms with E-state index in [-0.39, 0.29) is 0 Å². The van der Waals surface area contributed by atoms with Crippen LogP contribution in [0.2, 0.25) is 5.02 Å². The molecule has 3 aromatic rings. The Balaban J connectivity index is 1.36. The van der Waals surface area contributed by atoms with E-state index < -0.39 is 0 Å². The zero-order valence-electron chi connectivity index (χ0n) is 13.6. The number of carbonyl (C=O) groups excluding carboxylic acids is 1. The summed E-state index contributed by atoms with van der Waals surface area (Å²) in [5, 5.41) is 10.4. The molecule has 0 radical (unpaired) electrons. The van der Waals surface area contributed by atoms with Crippen molar-refractivity contribution in [2.24, 2.45) is 5.92 Å². The van der Waals surface area contributed by atoms with E-state index in [2.05, 4.69) is 16.4 Å². The largest absolute Gasteiger partial charge is 0.339 e. The molecule has 1 aliphatic carbocycles. The lowest BCUT2D eigenvalue weighted by Gasteiger charge is -2.15. The molecular formula is C18H17ClN4OS. The van der Waals surface area contributed by atoms with E-state index in [4.69, 9.17) is 11.6 Å². The van der Waals surface area contributed by atoms with Gasteiger partial charge >= 0.3 is 0 Å². The topological polar surface area (TPSA) is 51.0 Å². The fraction of sp³-hybridized carbons (Fsp3) is 0.389. The van der Waals surface area contributed by atoms with E-state index >= 15 is 0 Å². The van der Waals surface area contributed by atoms with Crippen LogP contribution in [0.1, 0.15) is 19.3 Å². The lowest BCUT2D eigenvalue weighted by Crippen LogP contribution is -2.27. The Labute approximate surface area is 154 Å². The maximum Gasteiger partial charge on any atom is 0.223 e. The van der Waals surface area contributed by atoms with Crippen molar-refractivity contribution >= 4 is 38.9 Å². The number of thiophene rings is 1. The van der Waals surface area contributed by atoms with Crippen molar-refractivity contribution < 1.29 is 4.79 Å². The molecule has 0 spiro atoms. The third-order valence-electron chi connectivity index (χ3n) is 4.98. The molecule has 2 aliphatic rings. The number of rotatable bonds is 4. The molecule has 1 atom stereocenters. The van der Waals surface area contributed by atoms with Gasteiger partial charge in [-0.1, -0.05) is 35.0 Å². The number of aromatic nitrogens is 3. The van der Waals surface area contributed by atoms with Crippen LogP contribution in [0.4, 0.5) is 0 Å². The number of hydrogen-bond acceptors (Lipinski definition) is 4. The molecule has 1 aliphatic heterocycles. The Morgan fingerprint density at radius 1 is 1.28 bits per heavy atom. The van der Waals surface area contributed by atoms with Gasteiger partial charge in [0.2, 0.25) is 5.91 Å². The number of nitrogens with zero attached hydrogens (tertiary/aromatic N) is 4. The van der Waals surface area contributed by atoms with Gasteiger partial charge in [-0.15, -0.1) is 16.4 Å². The van der Waals surface area contributed by atoms with Crippen molar-refractivity contribution in [1.82, 2.24) is 19.9 Å². The Hall–Kier alpha value is -1.92. The molecule has 0 bridgehead atoms. The minimum atomic E-state index is 0.292. The lowest BCUT2D eigenvalue weighted by atomic mass is 10.1. The van der Waals surface area contributed by atoms with E-state index in [0.717, 1.165) is 51.6 Å². The molecule has 2 aromatic heterocycles. The van der Waals surface area contributed by atoms with Gasteiger partial charge in [0.25, 0.3) is 0 Å². The summed E-state index contributed by atoms with van der Waals surface area (Å²) in [6, 6.07) is 8.60. The van der Waals surface area contributed by atoms with Crippen LogP contribution in [0.3, 0.4) is 0 Å². The molecule has 1 saturated heterocycles. The molecule has 1 aromatic carbocycles. The third-order valence-corrected chi connectivity index (χ3v) is 6.68. The van der Waals surface area contributed by atoms with Crippen LogP contribution in [0.25, 0.3) is 20.7 Å². The van der Waals surface area contributed by atoms with Crippen molar-refractivity contribution in [3.63, 3.8) is 0 Å². The second-order valence-corrected chi connectivity index (χ2v) is 8.34. The van der Waals surface area contributed by atoms with Crippen LogP contribution < -0.4 is 0 Å². The van der Waals surface area contributed by atoms with Crippen LogP contribution >= 0.6 is 22.9 Å². The zero-order valence-corrected chi connectivity index (χ0v) is 15.1. The highest BCUT2D eigenvalue weighted by atomic mass is 35.5. The molecule has 7 heteroatoms. The molecular weight excluding hydrogens is 356 g/mol. The summed E-state index contributed by atoms with van der Waals surface area (Å²) in [4.78, 5) is 15.1. The summed E-state index contributed by atoms with van der Waals surface area (Å²) in [7, 11) is 0. The fourth-order valence-electron chi connectivity index (χ4n) is 3.60. The first-order valence-corrected chi connectivity index (χ1v) is 9.75. The molecule has 5 rings (SSSR count). The summed E-state index contributed by atoms with van der Waals surface area (Å²) < 4.78 is 3.00. The summed E-state index contributed by atoms with van der Waals surface area (Å²) >= 11 is 8.17. The van der Waals surface area contributed by atoms with Gasteiger partial charge in [-0.25, -0.2) is 0 Å². The zero-order chi connectivity index (χ0) is 17.0. The second-order valence-electron chi connectivity index (χ2n) is 6.91. The smallest absolute Gasteiger partial charge is 0.223 e. The Bertz CT molecular complexity index is 961. The summed E-state index contributed by atoms with van der Waals surface area (Å²) in [5.41, 5.74) is 0.801. The first kappa shape index (κ1) is 15.3. The van der Waals surface area contributed by atoms with Crippen molar-refractivity contribution in [2.75, 3.05) is 6.54 Å². The molecule has 128 valence electrons. The minimum absolute atomic E-state index is 0.292. The molecule has 2 fully saturated rings. The van der Waals surface area contributed by atoms with Gasteiger partial charge < -0.3 is 4.90 Å². The predicted octanol–water partition coefficient (Wildman–Crippen LogP) is 3.82. The van der Waals surface area contributed by atoms with Crippen molar-refractivity contribution in [3.05, 3.63) is 35.5 Å². The average Bonchev–Trinajstić information content (AvgIpc) is 3.10. The summed E-state index contributed by atoms with van der Waals surface area (Å²) in [5.74, 6) is 0.612. The maximum absolute atomic E-state index is 12.1. The van der Waals surface area contributed by atoms with Crippen LogP contribution in [-0.2, 0) is 11.3 Å². The van der Waals surface area contributed by atoms with Gasteiger partial charge in [0.1, 0.15) is 5.69 Å². The van der Waals surface area contributed by atoms with Crippen LogP contribution in [0.15, 0.2) is 30.5 Å². The van der Waals surface area contributed by atoms with E-state index in [1.165, 1.54) is 0 Å². The maximum atomic E-state index is 12.1. The number of halogens is 1. The van der Waals surface area contributed by atoms with Crippen LogP contribution in [0.5, 0.6) is 0 Å². The quantitative estimate of drug-likeness (QED) is 0.699. The van der Waals surface area contributed by atoms with Crippen LogP contribution in [-0.4, -0.2) is 38.4 Å². The monoisotopic (exact) mass is 372 g/mol. The van der Waals surface area contributed by atoms with E-state index in [9.17, 15) is 4.79 Å². The summed E-state index contributed by atoms with van der Waals surface area (Å²) in [6.45, 7) is 1.58. The van der Waals surface area contributed by atoms with E-state index in [1.807, 2.05) is 34.0 Å². The molecule has 0 N–H and O–H groups in total. The average molecular weight is 373 g/mol. The number of fused-ring (bicyclic) bond motifs is 1. The molecule has 1 saturated carbocycles. The van der Waals surface area contributed by atoms with Gasteiger partial charge in [-0.2, -0.15) is 0 Å². The normalized spacial score (nSPS) is 20.8. The fourth-order valence-corrected chi connectivity index (χ4v) is 5.08. The number of hydrogen-bond donors (Lipinski definition) is 0. The highest BCUT2D eigenvalue weighted by Gasteiger charge is 2.39. The van der Waals surface area contributed by atoms with Gasteiger partial charge in [-0.3, -0.25) is 9.48 Å². The molecule has 0 unspecified atom stereocenters. The number of carbonyl (C=O) groups is 1. The van der Waals surface area contributed by atoms with Crippen molar-refractivity contribution in [2.45, 2.75) is 31.8 Å². The van der Waals surface area contributed by atoms with Crippen molar-refractivity contribution in [1.29, 1.82) is 0 Å². The third kappa shape index (κ3) is 2.73. The standard InChI is InChI=1S/C18H17ClN4OS/c19-17-13-3-1-2-4-15(13)25-18(17)14-10-22(21-20-14)8-11-7-16(24)23(9-11)12-5-6-12/h1-4,10-12H,5-9H2/t11-/m1/s1. The number of benzene rings is 1. The Kier molecular flexibility index (Phi) is 3.57. The van der Waals surface area contributed by atoms with Gasteiger partial charge in [0.15, 0.2) is 0 Å². The first-order chi connectivity index (χ1) is 12.2. The molecule has 25 heavy (non-hydrogen) atoms. The highest BCUT2D eigenvalue weighted by Crippen LogP contribution is 2.41. The minimum Gasteiger partial charge on any atom is -0.339 e. The second kappa shape index (κ2) is 5.81. The van der Waals surface area contributed by atoms with Gasteiger partial charge in [-0.05, 0) is 18.9 Å². The van der Waals surface area contributed by atoms with Gasteiger partial charge in [0.05, 0.1) is 16.1 Å². The highest BCUT2D eigenvalue weighted by molar-refractivity contribution is 7.23. The van der Waals surface area contributed by atoms with Crippen molar-refractivity contribution in [3.8, 4) is 10.6 Å². The van der Waals surface area contributed by atoms with Crippen LogP contribution in [0, 0.1) is 5.92 Å². The number of amides is 1.